The van der Waals surface area contributed by atoms with Crippen molar-refractivity contribution in [3.63, 3.8) is 0 Å². The summed E-state index contributed by atoms with van der Waals surface area (Å²) in [6.45, 7) is 0.980. The minimum atomic E-state index is 0.487. The Kier molecular flexibility index (Phi) is 3.85. The fraction of sp³-hybridized carbons (Fsp3) is 0.250. The highest BCUT2D eigenvalue weighted by atomic mass is 79.9. The molecule has 2 nitrogen and oxygen atoms in total. The Labute approximate surface area is 84.8 Å². The lowest BCUT2D eigenvalue weighted by atomic mass is 10.3. The van der Waals surface area contributed by atoms with E-state index in [-0.39, 0.29) is 0 Å². The number of benzene rings is 1. The van der Waals surface area contributed by atoms with Gasteiger partial charge in [0.2, 0.25) is 0 Å². The molecule has 0 saturated carbocycles. The minimum Gasteiger partial charge on any atom is -0.491 e. The predicted molar refractivity (Wildman–Crippen MR) is 53.7 cm³/mol. The van der Waals surface area contributed by atoms with E-state index < -0.39 is 0 Å². The Morgan fingerprint density at radius 1 is 1.50 bits per heavy atom. The topological polar surface area (TPSA) is 35.2 Å². The van der Waals surface area contributed by atoms with Crippen molar-refractivity contribution < 1.29 is 4.74 Å². The second kappa shape index (κ2) is 4.70. The summed E-state index contributed by atoms with van der Waals surface area (Å²) in [6.07, 6.45) is 0. The minimum absolute atomic E-state index is 0.487. The summed E-state index contributed by atoms with van der Waals surface area (Å²) in [7, 11) is 0. The Morgan fingerprint density at radius 2 is 2.25 bits per heavy atom. The van der Waals surface area contributed by atoms with E-state index >= 15 is 0 Å². The molecule has 66 valence electrons. The van der Waals surface area contributed by atoms with E-state index in [0.717, 1.165) is 4.47 Å². The number of halogens is 2. The van der Waals surface area contributed by atoms with Gasteiger partial charge < -0.3 is 10.5 Å². The number of hydrogen-bond donors (Lipinski definition) is 1. The first kappa shape index (κ1) is 9.84. The molecular formula is C8H9BrClNO. The fourth-order valence-electron chi connectivity index (χ4n) is 0.761. The predicted octanol–water partition coefficient (Wildman–Crippen LogP) is 2.44. The number of nitrogens with two attached hydrogens (primary N) is 1. The molecule has 0 aliphatic carbocycles. The molecule has 1 rings (SSSR count). The summed E-state index contributed by atoms with van der Waals surface area (Å²) in [4.78, 5) is 0. The monoisotopic (exact) mass is 249 g/mol. The summed E-state index contributed by atoms with van der Waals surface area (Å²) in [5, 5.41) is 0.595. The second-order valence-corrected chi connectivity index (χ2v) is 3.53. The zero-order valence-electron chi connectivity index (χ0n) is 6.39. The highest BCUT2D eigenvalue weighted by molar-refractivity contribution is 9.10. The Morgan fingerprint density at radius 3 is 2.83 bits per heavy atom. The van der Waals surface area contributed by atoms with Crippen LogP contribution in [0.3, 0.4) is 0 Å². The van der Waals surface area contributed by atoms with E-state index in [9.17, 15) is 0 Å². The zero-order chi connectivity index (χ0) is 8.97. The molecule has 0 fully saturated rings. The highest BCUT2D eigenvalue weighted by Crippen LogP contribution is 2.27. The molecule has 2 N–H and O–H groups in total. The van der Waals surface area contributed by atoms with Crippen molar-refractivity contribution in [2.75, 3.05) is 13.2 Å². The molecule has 0 aromatic heterocycles. The van der Waals surface area contributed by atoms with Crippen molar-refractivity contribution in [1.29, 1.82) is 0 Å². The van der Waals surface area contributed by atoms with Gasteiger partial charge in [0.25, 0.3) is 0 Å². The van der Waals surface area contributed by atoms with E-state index in [4.69, 9.17) is 22.1 Å². The van der Waals surface area contributed by atoms with Gasteiger partial charge in [-0.3, -0.25) is 0 Å². The number of ether oxygens (including phenoxy) is 1. The SMILES string of the molecule is NCCOc1ccc(Br)cc1Cl. The molecule has 12 heavy (non-hydrogen) atoms. The van der Waals surface area contributed by atoms with Gasteiger partial charge in [-0.2, -0.15) is 0 Å². The molecule has 0 spiro atoms. The third kappa shape index (κ3) is 2.66. The lowest BCUT2D eigenvalue weighted by Gasteiger charge is -2.05. The maximum atomic E-state index is 5.87. The Bertz CT molecular complexity index is 267. The maximum absolute atomic E-state index is 5.87. The smallest absolute Gasteiger partial charge is 0.138 e. The first-order valence-electron chi connectivity index (χ1n) is 3.52. The van der Waals surface area contributed by atoms with Crippen LogP contribution in [0.4, 0.5) is 0 Å². The average molecular weight is 251 g/mol. The van der Waals surface area contributed by atoms with Crippen molar-refractivity contribution in [2.24, 2.45) is 5.73 Å². The van der Waals surface area contributed by atoms with Crippen LogP contribution in [0.25, 0.3) is 0 Å². The molecular weight excluding hydrogens is 241 g/mol. The average Bonchev–Trinajstić information content (AvgIpc) is 2.03. The van der Waals surface area contributed by atoms with Gasteiger partial charge in [-0.05, 0) is 18.2 Å². The first-order chi connectivity index (χ1) is 5.74. The quantitative estimate of drug-likeness (QED) is 0.894. The van der Waals surface area contributed by atoms with Gasteiger partial charge in [0.05, 0.1) is 5.02 Å². The van der Waals surface area contributed by atoms with E-state index in [1.54, 1.807) is 6.07 Å². The largest absolute Gasteiger partial charge is 0.491 e. The van der Waals surface area contributed by atoms with Crippen LogP contribution in [0, 0.1) is 0 Å². The third-order valence-corrected chi connectivity index (χ3v) is 2.06. The molecule has 0 unspecified atom stereocenters. The van der Waals surface area contributed by atoms with E-state index in [2.05, 4.69) is 15.9 Å². The van der Waals surface area contributed by atoms with Gasteiger partial charge in [0.1, 0.15) is 12.4 Å². The van der Waals surface area contributed by atoms with Crippen molar-refractivity contribution in [3.8, 4) is 5.75 Å². The van der Waals surface area contributed by atoms with Crippen LogP contribution in [-0.4, -0.2) is 13.2 Å². The van der Waals surface area contributed by atoms with Gasteiger partial charge >= 0.3 is 0 Å². The van der Waals surface area contributed by atoms with Crippen LogP contribution in [0.2, 0.25) is 5.02 Å². The molecule has 0 radical (unpaired) electrons. The molecule has 0 aliphatic rings. The molecule has 0 atom stereocenters. The zero-order valence-corrected chi connectivity index (χ0v) is 8.73. The van der Waals surface area contributed by atoms with Gasteiger partial charge in [-0.1, -0.05) is 27.5 Å². The molecule has 0 saturated heterocycles. The molecule has 0 heterocycles. The molecule has 0 aliphatic heterocycles. The number of hydrogen-bond acceptors (Lipinski definition) is 2. The molecule has 1 aromatic rings. The summed E-state index contributed by atoms with van der Waals surface area (Å²) in [5.74, 6) is 0.672. The molecule has 1 aromatic carbocycles. The summed E-state index contributed by atoms with van der Waals surface area (Å²) in [5.41, 5.74) is 5.28. The first-order valence-corrected chi connectivity index (χ1v) is 4.69. The van der Waals surface area contributed by atoms with Crippen molar-refractivity contribution in [2.45, 2.75) is 0 Å². The van der Waals surface area contributed by atoms with E-state index in [0.29, 0.717) is 23.9 Å². The third-order valence-electron chi connectivity index (χ3n) is 1.27. The second-order valence-electron chi connectivity index (χ2n) is 2.21. The Balaban J connectivity index is 2.72. The summed E-state index contributed by atoms with van der Waals surface area (Å²) < 4.78 is 6.20. The fourth-order valence-corrected chi connectivity index (χ4v) is 1.49. The van der Waals surface area contributed by atoms with E-state index in [1.807, 2.05) is 12.1 Å². The standard InChI is InChI=1S/C8H9BrClNO/c9-6-1-2-8(7(10)5-6)12-4-3-11/h1-2,5H,3-4,11H2. The summed E-state index contributed by atoms with van der Waals surface area (Å²) in [6, 6.07) is 5.47. The summed E-state index contributed by atoms with van der Waals surface area (Å²) >= 11 is 9.17. The van der Waals surface area contributed by atoms with Gasteiger partial charge in [0, 0.05) is 11.0 Å². The van der Waals surface area contributed by atoms with Crippen molar-refractivity contribution in [3.05, 3.63) is 27.7 Å². The Hall–Kier alpha value is -0.250. The molecule has 4 heteroatoms. The maximum Gasteiger partial charge on any atom is 0.138 e. The number of rotatable bonds is 3. The van der Waals surface area contributed by atoms with Crippen LogP contribution < -0.4 is 10.5 Å². The molecule has 0 amide bonds. The normalized spacial score (nSPS) is 9.92. The molecule has 0 bridgehead atoms. The van der Waals surface area contributed by atoms with Gasteiger partial charge in [0.15, 0.2) is 0 Å². The van der Waals surface area contributed by atoms with Crippen LogP contribution >= 0.6 is 27.5 Å². The lowest BCUT2D eigenvalue weighted by molar-refractivity contribution is 0.328. The van der Waals surface area contributed by atoms with Crippen LogP contribution in [0.1, 0.15) is 0 Å². The van der Waals surface area contributed by atoms with Crippen LogP contribution in [0.15, 0.2) is 22.7 Å². The van der Waals surface area contributed by atoms with Gasteiger partial charge in [-0.25, -0.2) is 0 Å². The highest BCUT2D eigenvalue weighted by Gasteiger charge is 2.00. The lowest BCUT2D eigenvalue weighted by Crippen LogP contribution is -2.10. The van der Waals surface area contributed by atoms with Crippen molar-refractivity contribution >= 4 is 27.5 Å². The van der Waals surface area contributed by atoms with Crippen LogP contribution in [-0.2, 0) is 0 Å². The van der Waals surface area contributed by atoms with E-state index in [1.165, 1.54) is 0 Å². The van der Waals surface area contributed by atoms with Crippen molar-refractivity contribution in [1.82, 2.24) is 0 Å². The van der Waals surface area contributed by atoms with Crippen LogP contribution in [0.5, 0.6) is 5.75 Å². The van der Waals surface area contributed by atoms with Gasteiger partial charge in [-0.15, -0.1) is 0 Å².